The van der Waals surface area contributed by atoms with Crippen molar-refractivity contribution in [2.45, 2.75) is 39.2 Å². The lowest BCUT2D eigenvalue weighted by Gasteiger charge is -2.39. The largest absolute Gasteiger partial charge is 0.365 e. The molecule has 0 aliphatic carbocycles. The summed E-state index contributed by atoms with van der Waals surface area (Å²) in [7, 11) is 0. The predicted molar refractivity (Wildman–Crippen MR) is 81.4 cm³/mol. The molecule has 2 rings (SSSR count). The van der Waals surface area contributed by atoms with Crippen molar-refractivity contribution < 1.29 is 9.72 Å². The molecule has 21 heavy (non-hydrogen) atoms. The van der Waals surface area contributed by atoms with Gasteiger partial charge in [-0.05, 0) is 37.3 Å². The van der Waals surface area contributed by atoms with Crippen LogP contribution in [-0.4, -0.2) is 23.4 Å². The lowest BCUT2D eigenvalue weighted by molar-refractivity contribution is -0.384. The Morgan fingerprint density at radius 2 is 2.24 bits per heavy atom. The molecule has 1 aliphatic heterocycles. The average Bonchev–Trinajstić information content (AvgIpc) is 2.46. The third-order valence-electron chi connectivity index (χ3n) is 4.22. The van der Waals surface area contributed by atoms with Gasteiger partial charge in [0.2, 0.25) is 0 Å². The summed E-state index contributed by atoms with van der Waals surface area (Å²) in [6, 6.07) is 5.05. The van der Waals surface area contributed by atoms with Crippen molar-refractivity contribution in [3.8, 4) is 0 Å². The van der Waals surface area contributed by atoms with E-state index in [0.717, 1.165) is 25.8 Å². The summed E-state index contributed by atoms with van der Waals surface area (Å²) in [4.78, 5) is 24.4. The fourth-order valence-electron chi connectivity index (χ4n) is 3.11. The summed E-state index contributed by atoms with van der Waals surface area (Å²) in [6.45, 7) is 5.05. The number of primary amides is 1. The summed E-state index contributed by atoms with van der Waals surface area (Å²) in [5, 5.41) is 11.4. The number of nitro benzene ring substituents is 1. The van der Waals surface area contributed by atoms with Gasteiger partial charge in [-0.1, -0.05) is 19.9 Å². The van der Waals surface area contributed by atoms with E-state index in [1.165, 1.54) is 6.07 Å². The summed E-state index contributed by atoms with van der Waals surface area (Å²) in [5.41, 5.74) is 5.60. The van der Waals surface area contributed by atoms with E-state index in [1.54, 1.807) is 12.1 Å². The van der Waals surface area contributed by atoms with E-state index in [2.05, 4.69) is 18.7 Å². The molecule has 1 aromatic rings. The fraction of sp³-hybridized carbons (Fsp3) is 0.533. The second-order valence-corrected chi connectivity index (χ2v) is 5.68. The Morgan fingerprint density at radius 1 is 1.52 bits per heavy atom. The number of carbonyl (C=O) groups is 1. The van der Waals surface area contributed by atoms with Crippen LogP contribution >= 0.6 is 0 Å². The van der Waals surface area contributed by atoms with Crippen molar-refractivity contribution in [1.29, 1.82) is 0 Å². The molecule has 1 amide bonds. The molecular weight excluding hydrogens is 270 g/mol. The van der Waals surface area contributed by atoms with Crippen LogP contribution < -0.4 is 10.6 Å². The highest BCUT2D eigenvalue weighted by Gasteiger charge is 2.32. The van der Waals surface area contributed by atoms with Gasteiger partial charge in [-0.2, -0.15) is 0 Å². The molecule has 0 bridgehead atoms. The number of hydrogen-bond acceptors (Lipinski definition) is 4. The van der Waals surface area contributed by atoms with Crippen LogP contribution in [0.5, 0.6) is 0 Å². The molecular formula is C15H21N3O3. The van der Waals surface area contributed by atoms with E-state index >= 15 is 0 Å². The van der Waals surface area contributed by atoms with Gasteiger partial charge in [-0.15, -0.1) is 0 Å². The van der Waals surface area contributed by atoms with Crippen LogP contribution in [0, 0.1) is 16.0 Å². The maximum atomic E-state index is 11.5. The second kappa shape index (κ2) is 6.11. The zero-order valence-electron chi connectivity index (χ0n) is 12.4. The lowest BCUT2D eigenvalue weighted by atomic mass is 9.90. The summed E-state index contributed by atoms with van der Waals surface area (Å²) >= 11 is 0. The first kappa shape index (κ1) is 15.3. The Hall–Kier alpha value is -2.11. The van der Waals surface area contributed by atoms with Gasteiger partial charge in [-0.25, -0.2) is 0 Å². The Bertz CT molecular complexity index is 559. The number of carbonyl (C=O) groups excluding carboxylic acids is 1. The van der Waals surface area contributed by atoms with E-state index in [-0.39, 0.29) is 17.3 Å². The van der Waals surface area contributed by atoms with Gasteiger partial charge in [0.1, 0.15) is 11.3 Å². The Kier molecular flexibility index (Phi) is 4.45. The molecule has 0 spiro atoms. The van der Waals surface area contributed by atoms with Crippen LogP contribution in [0.4, 0.5) is 11.4 Å². The van der Waals surface area contributed by atoms with Gasteiger partial charge in [0, 0.05) is 12.6 Å². The average molecular weight is 291 g/mol. The standard InChI is InChI=1S/C15H21N3O3/c1-3-11-9-10(2)7-8-17(11)13-6-4-5-12(15(16)19)14(13)18(20)21/h4-6,10-11H,3,7-9H2,1-2H3,(H2,16,19). The van der Waals surface area contributed by atoms with Crippen molar-refractivity contribution in [1.82, 2.24) is 0 Å². The SMILES string of the molecule is CCC1CC(C)CCN1c1cccc(C(N)=O)c1[N+](=O)[O-]. The second-order valence-electron chi connectivity index (χ2n) is 5.68. The van der Waals surface area contributed by atoms with Gasteiger partial charge < -0.3 is 10.6 Å². The number of hydrogen-bond donors (Lipinski definition) is 1. The molecule has 1 aromatic carbocycles. The van der Waals surface area contributed by atoms with Gasteiger partial charge in [0.25, 0.3) is 5.91 Å². The molecule has 0 radical (unpaired) electrons. The molecule has 6 heteroatoms. The van der Waals surface area contributed by atoms with Gasteiger partial charge in [-0.3, -0.25) is 14.9 Å². The number of para-hydroxylation sites is 1. The normalized spacial score (nSPS) is 22.1. The van der Waals surface area contributed by atoms with Gasteiger partial charge >= 0.3 is 5.69 Å². The molecule has 1 aliphatic rings. The van der Waals surface area contributed by atoms with Crippen molar-refractivity contribution in [2.24, 2.45) is 11.7 Å². The fourth-order valence-corrected chi connectivity index (χ4v) is 3.11. The highest BCUT2D eigenvalue weighted by atomic mass is 16.6. The molecule has 1 fully saturated rings. The minimum atomic E-state index is -0.762. The molecule has 2 atom stereocenters. The number of rotatable bonds is 4. The summed E-state index contributed by atoms with van der Waals surface area (Å²) in [6.07, 6.45) is 2.92. The number of anilines is 1. The molecule has 2 N–H and O–H groups in total. The molecule has 114 valence electrons. The zero-order valence-corrected chi connectivity index (χ0v) is 12.4. The minimum Gasteiger partial charge on any atom is -0.365 e. The molecule has 6 nitrogen and oxygen atoms in total. The smallest absolute Gasteiger partial charge is 0.305 e. The molecule has 0 aromatic heterocycles. The number of nitrogens with two attached hydrogens (primary N) is 1. The van der Waals surface area contributed by atoms with E-state index in [9.17, 15) is 14.9 Å². The van der Waals surface area contributed by atoms with Crippen LogP contribution in [0.3, 0.4) is 0 Å². The van der Waals surface area contributed by atoms with E-state index in [0.29, 0.717) is 11.6 Å². The topological polar surface area (TPSA) is 89.5 Å². The minimum absolute atomic E-state index is 0.0222. The van der Waals surface area contributed by atoms with Crippen molar-refractivity contribution in [3.63, 3.8) is 0 Å². The van der Waals surface area contributed by atoms with E-state index < -0.39 is 10.8 Å². The van der Waals surface area contributed by atoms with Gasteiger partial charge in [0.05, 0.1) is 4.92 Å². The lowest BCUT2D eigenvalue weighted by Crippen LogP contribution is -2.42. The quantitative estimate of drug-likeness (QED) is 0.682. The van der Waals surface area contributed by atoms with Crippen molar-refractivity contribution in [3.05, 3.63) is 33.9 Å². The Labute approximate surface area is 124 Å². The number of piperidine rings is 1. The van der Waals surface area contributed by atoms with Crippen LogP contribution in [0.15, 0.2) is 18.2 Å². The maximum absolute atomic E-state index is 11.5. The van der Waals surface area contributed by atoms with E-state index in [1.807, 2.05) is 0 Å². The third-order valence-corrected chi connectivity index (χ3v) is 4.22. The highest BCUT2D eigenvalue weighted by Crippen LogP contribution is 2.37. The van der Waals surface area contributed by atoms with Crippen LogP contribution in [0.25, 0.3) is 0 Å². The predicted octanol–water partition coefficient (Wildman–Crippen LogP) is 2.71. The third kappa shape index (κ3) is 2.99. The first-order chi connectivity index (χ1) is 9.95. The van der Waals surface area contributed by atoms with Crippen LogP contribution in [0.1, 0.15) is 43.5 Å². The van der Waals surface area contributed by atoms with Gasteiger partial charge in [0.15, 0.2) is 0 Å². The molecule has 1 saturated heterocycles. The molecule has 0 saturated carbocycles. The summed E-state index contributed by atoms with van der Waals surface area (Å²) < 4.78 is 0. The number of benzene rings is 1. The zero-order chi connectivity index (χ0) is 15.6. The number of amides is 1. The van der Waals surface area contributed by atoms with E-state index in [4.69, 9.17) is 5.73 Å². The first-order valence-electron chi connectivity index (χ1n) is 7.29. The Morgan fingerprint density at radius 3 is 2.81 bits per heavy atom. The molecule has 1 heterocycles. The number of nitrogens with zero attached hydrogens (tertiary/aromatic N) is 2. The molecule has 2 unspecified atom stereocenters. The monoisotopic (exact) mass is 291 g/mol. The van der Waals surface area contributed by atoms with Crippen molar-refractivity contribution in [2.75, 3.05) is 11.4 Å². The number of nitro groups is 1. The highest BCUT2D eigenvalue weighted by molar-refractivity contribution is 5.99. The van der Waals surface area contributed by atoms with Crippen LogP contribution in [0.2, 0.25) is 0 Å². The maximum Gasteiger partial charge on any atom is 0.305 e. The van der Waals surface area contributed by atoms with Crippen molar-refractivity contribution >= 4 is 17.3 Å². The Balaban J connectivity index is 2.50. The summed E-state index contributed by atoms with van der Waals surface area (Å²) in [5.74, 6) is -0.147. The van der Waals surface area contributed by atoms with Crippen LogP contribution in [-0.2, 0) is 0 Å². The first-order valence-corrected chi connectivity index (χ1v) is 7.29.